The van der Waals surface area contributed by atoms with Gasteiger partial charge in [0.05, 0.1) is 12.2 Å². The van der Waals surface area contributed by atoms with Crippen LogP contribution in [0.3, 0.4) is 0 Å². The molecule has 6 heteroatoms. The second kappa shape index (κ2) is 9.69. The highest BCUT2D eigenvalue weighted by molar-refractivity contribution is 6.03. The van der Waals surface area contributed by atoms with Gasteiger partial charge in [-0.2, -0.15) is 0 Å². The van der Waals surface area contributed by atoms with Gasteiger partial charge < -0.3 is 15.4 Å². The maximum absolute atomic E-state index is 12.8. The van der Waals surface area contributed by atoms with Crippen molar-refractivity contribution < 1.29 is 19.1 Å². The first-order valence-electron chi connectivity index (χ1n) is 9.28. The van der Waals surface area contributed by atoms with E-state index in [1.807, 2.05) is 20.8 Å². The van der Waals surface area contributed by atoms with Crippen molar-refractivity contribution >= 4 is 23.3 Å². The van der Waals surface area contributed by atoms with Crippen LogP contribution in [0.15, 0.2) is 48.5 Å². The van der Waals surface area contributed by atoms with Crippen molar-refractivity contribution in [3.63, 3.8) is 0 Å². The third kappa shape index (κ3) is 5.42. The predicted molar refractivity (Wildman–Crippen MR) is 109 cm³/mol. The molecule has 1 unspecified atom stereocenters. The Hall–Kier alpha value is -3.15. The highest BCUT2D eigenvalue weighted by Crippen LogP contribution is 2.19. The number of anilines is 1. The molecule has 2 aromatic rings. The summed E-state index contributed by atoms with van der Waals surface area (Å²) in [5, 5.41) is 5.57. The standard InChI is InChI=1S/C22H26N2O4/c1-5-28-19-12-7-6-11-18(19)21(26)24-20(14(2)3)22(27)23-17-10-8-9-16(13-17)15(4)25/h6-14,20H,5H2,1-4H3,(H,23,27)(H,24,26). The summed E-state index contributed by atoms with van der Waals surface area (Å²) >= 11 is 0. The topological polar surface area (TPSA) is 84.5 Å². The zero-order chi connectivity index (χ0) is 20.7. The van der Waals surface area contributed by atoms with E-state index >= 15 is 0 Å². The number of para-hydroxylation sites is 1. The molecule has 0 spiro atoms. The molecule has 0 saturated heterocycles. The van der Waals surface area contributed by atoms with Crippen molar-refractivity contribution in [2.75, 3.05) is 11.9 Å². The molecule has 1 atom stereocenters. The summed E-state index contributed by atoms with van der Waals surface area (Å²) in [6.07, 6.45) is 0. The SMILES string of the molecule is CCOc1ccccc1C(=O)NC(C(=O)Nc1cccc(C(C)=O)c1)C(C)C. The number of nitrogens with one attached hydrogen (secondary N) is 2. The van der Waals surface area contributed by atoms with Crippen LogP contribution in [-0.4, -0.2) is 30.2 Å². The van der Waals surface area contributed by atoms with Crippen LogP contribution in [0.1, 0.15) is 48.4 Å². The van der Waals surface area contributed by atoms with Crippen molar-refractivity contribution in [2.45, 2.75) is 33.7 Å². The van der Waals surface area contributed by atoms with Crippen molar-refractivity contribution in [3.8, 4) is 5.75 Å². The molecule has 2 aromatic carbocycles. The van der Waals surface area contributed by atoms with E-state index in [4.69, 9.17) is 4.74 Å². The second-order valence-electron chi connectivity index (χ2n) is 6.75. The van der Waals surface area contributed by atoms with Crippen LogP contribution < -0.4 is 15.4 Å². The number of carbonyl (C=O) groups excluding carboxylic acids is 3. The lowest BCUT2D eigenvalue weighted by Crippen LogP contribution is -2.47. The summed E-state index contributed by atoms with van der Waals surface area (Å²) in [6.45, 7) is 7.45. The molecule has 2 amide bonds. The predicted octanol–water partition coefficient (Wildman–Crippen LogP) is 3.68. The van der Waals surface area contributed by atoms with Gasteiger partial charge in [0.15, 0.2) is 5.78 Å². The largest absolute Gasteiger partial charge is 0.493 e. The van der Waals surface area contributed by atoms with E-state index in [2.05, 4.69) is 10.6 Å². The molecule has 2 N–H and O–H groups in total. The molecule has 6 nitrogen and oxygen atoms in total. The lowest BCUT2D eigenvalue weighted by molar-refractivity contribution is -0.118. The van der Waals surface area contributed by atoms with E-state index in [1.165, 1.54) is 6.92 Å². The third-order valence-electron chi connectivity index (χ3n) is 4.20. The van der Waals surface area contributed by atoms with Gasteiger partial charge in [0.1, 0.15) is 11.8 Å². The lowest BCUT2D eigenvalue weighted by atomic mass is 10.0. The monoisotopic (exact) mass is 382 g/mol. The molecular formula is C22H26N2O4. The van der Waals surface area contributed by atoms with E-state index < -0.39 is 6.04 Å². The summed E-state index contributed by atoms with van der Waals surface area (Å²) in [6, 6.07) is 12.9. The molecule has 0 saturated carbocycles. The van der Waals surface area contributed by atoms with Gasteiger partial charge in [0.25, 0.3) is 5.91 Å². The quantitative estimate of drug-likeness (QED) is 0.682. The summed E-state index contributed by atoms with van der Waals surface area (Å²) in [4.78, 5) is 37.0. The van der Waals surface area contributed by atoms with Crippen LogP contribution >= 0.6 is 0 Å². The first kappa shape index (κ1) is 21.2. The average molecular weight is 382 g/mol. The summed E-state index contributed by atoms with van der Waals surface area (Å²) < 4.78 is 5.50. The van der Waals surface area contributed by atoms with Gasteiger partial charge in [-0.25, -0.2) is 0 Å². The molecule has 0 bridgehead atoms. The zero-order valence-corrected chi connectivity index (χ0v) is 16.6. The maximum atomic E-state index is 12.8. The summed E-state index contributed by atoms with van der Waals surface area (Å²) in [5.41, 5.74) is 1.39. The Morgan fingerprint density at radius 2 is 1.75 bits per heavy atom. The smallest absolute Gasteiger partial charge is 0.255 e. The molecule has 148 valence electrons. The third-order valence-corrected chi connectivity index (χ3v) is 4.20. The van der Waals surface area contributed by atoms with E-state index in [1.54, 1.807) is 48.5 Å². The fraction of sp³-hybridized carbons (Fsp3) is 0.318. The number of ketones is 1. The number of hydrogen-bond acceptors (Lipinski definition) is 4. The zero-order valence-electron chi connectivity index (χ0n) is 16.6. The normalized spacial score (nSPS) is 11.6. The van der Waals surface area contributed by atoms with Crippen LogP contribution in [0.4, 0.5) is 5.69 Å². The number of Topliss-reactive ketones (excluding diaryl/α,β-unsaturated/α-hetero) is 1. The van der Waals surface area contributed by atoms with Crippen LogP contribution in [0.2, 0.25) is 0 Å². The minimum absolute atomic E-state index is 0.0858. The Balaban J connectivity index is 2.17. The van der Waals surface area contributed by atoms with E-state index in [-0.39, 0.29) is 23.5 Å². The second-order valence-corrected chi connectivity index (χ2v) is 6.75. The van der Waals surface area contributed by atoms with Gasteiger partial charge in [0.2, 0.25) is 5.91 Å². The molecular weight excluding hydrogens is 356 g/mol. The van der Waals surface area contributed by atoms with E-state index in [0.717, 1.165) is 0 Å². The Morgan fingerprint density at radius 1 is 1.04 bits per heavy atom. The van der Waals surface area contributed by atoms with E-state index in [0.29, 0.717) is 29.2 Å². The first-order valence-corrected chi connectivity index (χ1v) is 9.28. The lowest BCUT2D eigenvalue weighted by Gasteiger charge is -2.22. The van der Waals surface area contributed by atoms with E-state index in [9.17, 15) is 14.4 Å². The van der Waals surface area contributed by atoms with Crippen LogP contribution in [0.25, 0.3) is 0 Å². The average Bonchev–Trinajstić information content (AvgIpc) is 2.66. The number of hydrogen-bond donors (Lipinski definition) is 2. The van der Waals surface area contributed by atoms with Crippen molar-refractivity contribution in [1.82, 2.24) is 5.32 Å². The van der Waals surface area contributed by atoms with Gasteiger partial charge >= 0.3 is 0 Å². The molecule has 0 heterocycles. The summed E-state index contributed by atoms with van der Waals surface area (Å²) in [5.74, 6) is -0.482. The van der Waals surface area contributed by atoms with Crippen LogP contribution in [0.5, 0.6) is 5.75 Å². The molecule has 0 fully saturated rings. The highest BCUT2D eigenvalue weighted by Gasteiger charge is 2.26. The molecule has 0 aliphatic heterocycles. The first-order chi connectivity index (χ1) is 13.3. The van der Waals surface area contributed by atoms with Crippen LogP contribution in [0, 0.1) is 5.92 Å². The molecule has 28 heavy (non-hydrogen) atoms. The highest BCUT2D eigenvalue weighted by atomic mass is 16.5. The van der Waals surface area contributed by atoms with Crippen LogP contribution in [-0.2, 0) is 4.79 Å². The molecule has 0 aliphatic carbocycles. The number of amides is 2. The van der Waals surface area contributed by atoms with Crippen molar-refractivity contribution in [2.24, 2.45) is 5.92 Å². The molecule has 2 rings (SSSR count). The van der Waals surface area contributed by atoms with Crippen molar-refractivity contribution in [3.05, 3.63) is 59.7 Å². The number of benzene rings is 2. The fourth-order valence-electron chi connectivity index (χ4n) is 2.73. The van der Waals surface area contributed by atoms with Gasteiger partial charge in [0, 0.05) is 11.3 Å². The Labute approximate surface area is 165 Å². The van der Waals surface area contributed by atoms with Gasteiger partial charge in [-0.05, 0) is 44.0 Å². The van der Waals surface area contributed by atoms with Gasteiger partial charge in [-0.15, -0.1) is 0 Å². The summed E-state index contributed by atoms with van der Waals surface area (Å²) in [7, 11) is 0. The Bertz CT molecular complexity index is 861. The Morgan fingerprint density at radius 3 is 2.39 bits per heavy atom. The van der Waals surface area contributed by atoms with Crippen molar-refractivity contribution in [1.29, 1.82) is 0 Å². The molecule has 0 aliphatic rings. The maximum Gasteiger partial charge on any atom is 0.255 e. The molecule has 0 aromatic heterocycles. The minimum atomic E-state index is -0.747. The van der Waals surface area contributed by atoms with Gasteiger partial charge in [-0.3, -0.25) is 14.4 Å². The fourth-order valence-corrected chi connectivity index (χ4v) is 2.73. The number of rotatable bonds is 8. The van der Waals surface area contributed by atoms with Gasteiger partial charge in [-0.1, -0.05) is 38.1 Å². The Kier molecular flexibility index (Phi) is 7.32. The minimum Gasteiger partial charge on any atom is -0.493 e. The molecule has 0 radical (unpaired) electrons. The number of carbonyl (C=O) groups is 3. The number of ether oxygens (including phenoxy) is 1.